The Morgan fingerprint density at radius 3 is 2.52 bits per heavy atom. The maximum atomic E-state index is 13.5. The Balaban J connectivity index is 1.39. The first-order valence-corrected chi connectivity index (χ1v) is 14.8. The average molecular weight is 586 g/mol. The fraction of sp³-hybridized carbons (Fsp3) is 0.222. The molecule has 0 saturated heterocycles. The molecule has 0 saturated carbocycles. The topological polar surface area (TPSA) is 91.2 Å². The Morgan fingerprint density at radius 2 is 1.73 bits per heavy atom. The number of carbonyl (C=O) groups is 1. The summed E-state index contributed by atoms with van der Waals surface area (Å²) >= 11 is 0. The molecular weight excluding hydrogens is 550 g/mol. The minimum Gasteiger partial charge on any atom is -0.497 e. The summed E-state index contributed by atoms with van der Waals surface area (Å²) in [6, 6.07) is 29.4. The van der Waals surface area contributed by atoms with Gasteiger partial charge in [-0.05, 0) is 59.4 Å². The number of hydrogen-bond donors (Lipinski definition) is 1. The van der Waals surface area contributed by atoms with Gasteiger partial charge in [0.1, 0.15) is 23.0 Å². The average Bonchev–Trinajstić information content (AvgIpc) is 3.68. The summed E-state index contributed by atoms with van der Waals surface area (Å²) in [6.45, 7) is 0.464. The van der Waals surface area contributed by atoms with Crippen molar-refractivity contribution in [2.24, 2.45) is 0 Å². The predicted octanol–water partition coefficient (Wildman–Crippen LogP) is 6.02. The number of aryl methyl sites for hydroxylation is 2. The molecule has 5 aromatic rings. The van der Waals surface area contributed by atoms with Crippen LogP contribution in [0, 0.1) is 0 Å². The van der Waals surface area contributed by atoms with Crippen LogP contribution in [0.1, 0.15) is 56.9 Å². The highest BCUT2D eigenvalue weighted by Gasteiger charge is 2.28. The molecule has 0 radical (unpaired) electrons. The molecule has 2 heterocycles. The van der Waals surface area contributed by atoms with Crippen molar-refractivity contribution in [1.29, 1.82) is 0 Å². The van der Waals surface area contributed by atoms with Crippen LogP contribution < -0.4 is 14.8 Å². The van der Waals surface area contributed by atoms with E-state index in [9.17, 15) is 4.79 Å². The van der Waals surface area contributed by atoms with Crippen molar-refractivity contribution in [3.05, 3.63) is 143 Å². The summed E-state index contributed by atoms with van der Waals surface area (Å²) in [7, 11) is 3.29. The molecular formula is C36H35N5O3. The summed E-state index contributed by atoms with van der Waals surface area (Å²) in [5.74, 6) is 2.68. The van der Waals surface area contributed by atoms with Gasteiger partial charge in [-0.2, -0.15) is 0 Å². The molecule has 0 fully saturated rings. The number of amides is 1. The van der Waals surface area contributed by atoms with Crippen molar-refractivity contribution in [3.8, 4) is 11.5 Å². The minimum atomic E-state index is -0.455. The molecule has 0 unspecified atom stereocenters. The van der Waals surface area contributed by atoms with E-state index in [1.165, 1.54) is 22.3 Å². The number of nitrogens with one attached hydrogen (secondary N) is 1. The number of allylic oxidation sites excluding steroid dienone is 1. The highest BCUT2D eigenvalue weighted by atomic mass is 16.5. The van der Waals surface area contributed by atoms with Gasteiger partial charge in [0.2, 0.25) is 0 Å². The van der Waals surface area contributed by atoms with Gasteiger partial charge in [0.15, 0.2) is 5.82 Å². The number of benzene rings is 3. The zero-order valence-electron chi connectivity index (χ0n) is 24.9. The molecule has 0 bridgehead atoms. The second kappa shape index (κ2) is 13.4. The van der Waals surface area contributed by atoms with Gasteiger partial charge < -0.3 is 19.4 Å². The molecule has 6 rings (SSSR count). The van der Waals surface area contributed by atoms with Gasteiger partial charge in [0, 0.05) is 30.7 Å². The van der Waals surface area contributed by atoms with E-state index in [1.807, 2.05) is 42.5 Å². The first-order chi connectivity index (χ1) is 21.6. The fourth-order valence-electron chi connectivity index (χ4n) is 5.72. The largest absolute Gasteiger partial charge is 0.497 e. The highest BCUT2D eigenvalue weighted by Crippen LogP contribution is 2.35. The van der Waals surface area contributed by atoms with E-state index < -0.39 is 6.04 Å². The third-order valence-electron chi connectivity index (χ3n) is 8.03. The lowest BCUT2D eigenvalue weighted by atomic mass is 9.99. The van der Waals surface area contributed by atoms with Gasteiger partial charge in [0.25, 0.3) is 5.91 Å². The molecule has 1 N–H and O–H groups in total. The molecule has 2 aromatic heterocycles. The van der Waals surface area contributed by atoms with Crippen LogP contribution >= 0.6 is 0 Å². The third kappa shape index (κ3) is 6.39. The second-order valence-electron chi connectivity index (χ2n) is 10.8. The summed E-state index contributed by atoms with van der Waals surface area (Å²) in [5.41, 5.74) is 6.19. The first-order valence-electron chi connectivity index (χ1n) is 14.8. The summed E-state index contributed by atoms with van der Waals surface area (Å²) in [5, 5.41) is 12.7. The van der Waals surface area contributed by atoms with Crippen LogP contribution in [0.3, 0.4) is 0 Å². The Kier molecular flexibility index (Phi) is 8.77. The van der Waals surface area contributed by atoms with Crippen LogP contribution in [0.15, 0.2) is 103 Å². The number of hydrogen-bond acceptors (Lipinski definition) is 6. The molecule has 8 heteroatoms. The van der Waals surface area contributed by atoms with Crippen molar-refractivity contribution in [2.75, 3.05) is 14.2 Å². The van der Waals surface area contributed by atoms with Crippen LogP contribution in [-0.4, -0.2) is 39.9 Å². The maximum absolute atomic E-state index is 13.5. The zero-order valence-corrected chi connectivity index (χ0v) is 24.9. The van der Waals surface area contributed by atoms with Crippen molar-refractivity contribution in [2.45, 2.75) is 38.3 Å². The lowest BCUT2D eigenvalue weighted by Gasteiger charge is -2.22. The van der Waals surface area contributed by atoms with Gasteiger partial charge in [-0.25, -0.2) is 0 Å². The van der Waals surface area contributed by atoms with E-state index in [-0.39, 0.29) is 5.91 Å². The molecule has 1 atom stereocenters. The molecule has 44 heavy (non-hydrogen) atoms. The second-order valence-corrected chi connectivity index (χ2v) is 10.8. The quantitative estimate of drug-likeness (QED) is 0.192. The standard InChI is InChI=1S/C36H35N5O3/c1-43-29-19-18-28(33(23-29)44-2)24-41-34(20-15-25-10-4-3-5-11-25)39-40-35(41)32(38-36(42)31-14-8-9-21-37-31)22-27-17-16-26-12-6-7-13-30(26)27/h3-14,17-19,21,23,32H,15-16,20,22,24H2,1-2H3,(H,38,42)/t32-/m1/s1. The Bertz CT molecular complexity index is 1770. The van der Waals surface area contributed by atoms with Crippen LogP contribution in [0.5, 0.6) is 11.5 Å². The maximum Gasteiger partial charge on any atom is 0.270 e. The normalized spacial score (nSPS) is 12.7. The molecule has 222 valence electrons. The number of ether oxygens (including phenoxy) is 2. The van der Waals surface area contributed by atoms with E-state index in [1.54, 1.807) is 32.5 Å². The van der Waals surface area contributed by atoms with Crippen LogP contribution in [0.2, 0.25) is 0 Å². The number of fused-ring (bicyclic) bond motifs is 1. The van der Waals surface area contributed by atoms with Crippen LogP contribution in [0.4, 0.5) is 0 Å². The van der Waals surface area contributed by atoms with Gasteiger partial charge in [-0.3, -0.25) is 9.78 Å². The summed E-state index contributed by atoms with van der Waals surface area (Å²) in [6.07, 6.45) is 6.79. The van der Waals surface area contributed by atoms with Gasteiger partial charge >= 0.3 is 0 Å². The highest BCUT2D eigenvalue weighted by molar-refractivity contribution is 5.92. The smallest absolute Gasteiger partial charge is 0.270 e. The summed E-state index contributed by atoms with van der Waals surface area (Å²) < 4.78 is 13.3. The molecule has 3 aromatic carbocycles. The predicted molar refractivity (Wildman–Crippen MR) is 170 cm³/mol. The molecule has 1 aliphatic rings. The number of nitrogens with zero attached hydrogens (tertiary/aromatic N) is 4. The zero-order chi connectivity index (χ0) is 30.3. The number of rotatable bonds is 12. The van der Waals surface area contributed by atoms with E-state index in [4.69, 9.17) is 19.7 Å². The van der Waals surface area contributed by atoms with E-state index in [0.29, 0.717) is 42.4 Å². The van der Waals surface area contributed by atoms with Gasteiger partial charge in [-0.15, -0.1) is 10.2 Å². The lowest BCUT2D eigenvalue weighted by molar-refractivity contribution is 0.0930. The van der Waals surface area contributed by atoms with E-state index in [2.05, 4.69) is 57.3 Å². The minimum absolute atomic E-state index is 0.259. The molecule has 8 nitrogen and oxygen atoms in total. The Labute approximate surface area is 257 Å². The Morgan fingerprint density at radius 1 is 0.909 bits per heavy atom. The van der Waals surface area contributed by atoms with Crippen molar-refractivity contribution in [3.63, 3.8) is 0 Å². The van der Waals surface area contributed by atoms with Gasteiger partial charge in [-0.1, -0.05) is 66.7 Å². The molecule has 0 aliphatic heterocycles. The third-order valence-corrected chi connectivity index (χ3v) is 8.03. The molecule has 1 amide bonds. The summed E-state index contributed by atoms with van der Waals surface area (Å²) in [4.78, 5) is 17.8. The van der Waals surface area contributed by atoms with Crippen molar-refractivity contribution < 1.29 is 14.3 Å². The SMILES string of the molecule is COc1ccc(Cn2c(CCc3ccccc3)nnc2[C@@H](CC2=CCc3ccccc32)NC(=O)c2ccccn2)c(OC)c1. The lowest BCUT2D eigenvalue weighted by Crippen LogP contribution is -2.31. The van der Waals surface area contributed by atoms with E-state index in [0.717, 1.165) is 24.2 Å². The van der Waals surface area contributed by atoms with Crippen LogP contribution in [-0.2, 0) is 25.8 Å². The Hall–Kier alpha value is -5.24. The van der Waals surface area contributed by atoms with Crippen molar-refractivity contribution in [1.82, 2.24) is 25.1 Å². The fourth-order valence-corrected chi connectivity index (χ4v) is 5.72. The monoisotopic (exact) mass is 585 g/mol. The number of aromatic nitrogens is 4. The molecule has 1 aliphatic carbocycles. The number of pyridine rings is 1. The number of methoxy groups -OCH3 is 2. The van der Waals surface area contributed by atoms with E-state index >= 15 is 0 Å². The van der Waals surface area contributed by atoms with Crippen molar-refractivity contribution >= 4 is 11.5 Å². The van der Waals surface area contributed by atoms with Crippen LogP contribution in [0.25, 0.3) is 5.57 Å². The molecule has 0 spiro atoms. The first kappa shape index (κ1) is 28.9. The van der Waals surface area contributed by atoms with Gasteiger partial charge in [0.05, 0.1) is 26.8 Å². The number of carbonyl (C=O) groups excluding carboxylic acids is 1.